The Balaban J connectivity index is 1.77. The number of anilines is 2. The maximum atomic E-state index is 13.2. The van der Waals surface area contributed by atoms with E-state index in [1.54, 1.807) is 0 Å². The number of ketones is 1. The number of para-hydroxylation sites is 2. The van der Waals surface area contributed by atoms with E-state index in [0.29, 0.717) is 6.42 Å². The number of carbonyl (C=O) groups excluding carboxylic acids is 1. The maximum absolute atomic E-state index is 13.2. The third-order valence-electron chi connectivity index (χ3n) is 5.26. The summed E-state index contributed by atoms with van der Waals surface area (Å²) in [5, 5.41) is 7.12. The highest BCUT2D eigenvalue weighted by Gasteiger charge is 2.38. The number of carbonyl (C=O) groups is 1. The monoisotopic (exact) mass is 372 g/mol. The van der Waals surface area contributed by atoms with Crippen LogP contribution in [0.5, 0.6) is 5.75 Å². The van der Waals surface area contributed by atoms with Gasteiger partial charge in [-0.05, 0) is 41.7 Å². The Hall–Kier alpha value is -3.19. The van der Waals surface area contributed by atoms with Crippen LogP contribution in [0.25, 0.3) is 0 Å². The molecular formula is C24H24N2O2. The number of ether oxygens (including phenoxy) is 1. The quantitative estimate of drug-likeness (QED) is 0.751. The molecule has 0 spiro atoms. The molecule has 2 aromatic rings. The number of rotatable bonds is 3. The number of hydrogen-bond acceptors (Lipinski definition) is 4. The predicted octanol–water partition coefficient (Wildman–Crippen LogP) is 4.92. The first-order valence-corrected chi connectivity index (χ1v) is 9.52. The number of fused-ring (bicyclic) bond motifs is 1. The zero-order chi connectivity index (χ0) is 19.7. The summed E-state index contributed by atoms with van der Waals surface area (Å²) >= 11 is 0. The molecule has 2 aromatic carbocycles. The van der Waals surface area contributed by atoms with Crippen LogP contribution in [0.15, 0.2) is 59.8 Å². The normalized spacial score (nSPS) is 20.0. The van der Waals surface area contributed by atoms with E-state index < -0.39 is 0 Å². The van der Waals surface area contributed by atoms with E-state index in [1.165, 1.54) is 0 Å². The van der Waals surface area contributed by atoms with Crippen molar-refractivity contribution < 1.29 is 9.53 Å². The molecule has 1 heterocycles. The van der Waals surface area contributed by atoms with Crippen molar-refractivity contribution in [2.45, 2.75) is 32.7 Å². The van der Waals surface area contributed by atoms with E-state index in [9.17, 15) is 4.79 Å². The Morgan fingerprint density at radius 3 is 2.54 bits per heavy atom. The lowest BCUT2D eigenvalue weighted by molar-refractivity contribution is -0.118. The molecule has 2 aliphatic rings. The van der Waals surface area contributed by atoms with Gasteiger partial charge in [-0.1, -0.05) is 44.0 Å². The second kappa shape index (κ2) is 7.09. The molecule has 0 bridgehead atoms. The molecule has 1 atom stereocenters. The van der Waals surface area contributed by atoms with Gasteiger partial charge in [0, 0.05) is 17.7 Å². The molecule has 28 heavy (non-hydrogen) atoms. The third-order valence-corrected chi connectivity index (χ3v) is 5.26. The Bertz CT molecular complexity index is 980. The van der Waals surface area contributed by atoms with E-state index >= 15 is 0 Å². The molecular weight excluding hydrogens is 348 g/mol. The molecule has 0 amide bonds. The van der Waals surface area contributed by atoms with Crippen LogP contribution in [0.3, 0.4) is 0 Å². The van der Waals surface area contributed by atoms with Crippen LogP contribution in [0.2, 0.25) is 0 Å². The van der Waals surface area contributed by atoms with Gasteiger partial charge in [-0.3, -0.25) is 4.79 Å². The largest absolute Gasteiger partial charge is 0.481 e. The van der Waals surface area contributed by atoms with Crippen LogP contribution in [-0.4, -0.2) is 12.4 Å². The van der Waals surface area contributed by atoms with Crippen LogP contribution in [0.1, 0.15) is 38.3 Å². The maximum Gasteiger partial charge on any atom is 0.163 e. The van der Waals surface area contributed by atoms with Crippen LogP contribution in [0, 0.1) is 17.8 Å². The molecule has 1 aliphatic heterocycles. The van der Waals surface area contributed by atoms with Crippen molar-refractivity contribution in [1.29, 1.82) is 0 Å². The second-order valence-electron chi connectivity index (χ2n) is 8.14. The van der Waals surface area contributed by atoms with Crippen LogP contribution in [-0.2, 0) is 4.79 Å². The summed E-state index contributed by atoms with van der Waals surface area (Å²) in [6.45, 7) is 4.53. The van der Waals surface area contributed by atoms with E-state index in [-0.39, 0.29) is 23.8 Å². The smallest absolute Gasteiger partial charge is 0.163 e. The van der Waals surface area contributed by atoms with Crippen molar-refractivity contribution in [1.82, 2.24) is 0 Å². The number of Topliss-reactive ketones (excluding diaryl/α,β-unsaturated/α-hetero) is 1. The summed E-state index contributed by atoms with van der Waals surface area (Å²) in [5.41, 5.74) is 4.79. The number of nitrogens with one attached hydrogen (secondary N) is 2. The predicted molar refractivity (Wildman–Crippen MR) is 112 cm³/mol. The molecule has 4 rings (SSSR count). The van der Waals surface area contributed by atoms with E-state index in [1.807, 2.05) is 48.5 Å². The number of allylic oxidation sites excluding steroid dienone is 1. The van der Waals surface area contributed by atoms with Crippen molar-refractivity contribution in [3.8, 4) is 18.1 Å². The minimum Gasteiger partial charge on any atom is -0.481 e. The zero-order valence-corrected chi connectivity index (χ0v) is 16.2. The van der Waals surface area contributed by atoms with E-state index in [0.717, 1.165) is 40.4 Å². The summed E-state index contributed by atoms with van der Waals surface area (Å²) in [5.74, 6) is 3.38. The van der Waals surface area contributed by atoms with Gasteiger partial charge in [0.2, 0.25) is 0 Å². The fourth-order valence-corrected chi connectivity index (χ4v) is 4.02. The topological polar surface area (TPSA) is 50.4 Å². The van der Waals surface area contributed by atoms with Crippen molar-refractivity contribution in [3.05, 3.63) is 65.4 Å². The molecule has 0 fully saturated rings. The van der Waals surface area contributed by atoms with Crippen molar-refractivity contribution in [3.63, 3.8) is 0 Å². The molecule has 4 nitrogen and oxygen atoms in total. The number of hydrogen-bond donors (Lipinski definition) is 2. The van der Waals surface area contributed by atoms with Crippen molar-refractivity contribution >= 4 is 17.2 Å². The standard InChI is InChI=1S/C24H24N2O2/c1-4-13-28-17-11-9-16(10-12-17)23-22-20(14-24(2,3)15-21(22)27)25-18-7-5-6-8-19(18)26-23/h1,5-12,23,25-26H,13-15H2,2-3H3. The summed E-state index contributed by atoms with van der Waals surface area (Å²) < 4.78 is 5.49. The lowest BCUT2D eigenvalue weighted by Gasteiger charge is -2.34. The van der Waals surface area contributed by atoms with Gasteiger partial charge >= 0.3 is 0 Å². The molecule has 0 saturated carbocycles. The average Bonchev–Trinajstić information content (AvgIpc) is 2.82. The van der Waals surface area contributed by atoms with Gasteiger partial charge in [-0.2, -0.15) is 0 Å². The minimum absolute atomic E-state index is 0.0559. The molecule has 4 heteroatoms. The highest BCUT2D eigenvalue weighted by Crippen LogP contribution is 2.45. The highest BCUT2D eigenvalue weighted by molar-refractivity contribution is 6.01. The second-order valence-corrected chi connectivity index (χ2v) is 8.14. The first-order valence-electron chi connectivity index (χ1n) is 9.52. The summed E-state index contributed by atoms with van der Waals surface area (Å²) in [4.78, 5) is 13.2. The van der Waals surface area contributed by atoms with E-state index in [4.69, 9.17) is 11.2 Å². The summed E-state index contributed by atoms with van der Waals surface area (Å²) in [7, 11) is 0. The zero-order valence-electron chi connectivity index (χ0n) is 16.2. The van der Waals surface area contributed by atoms with Gasteiger partial charge in [0.25, 0.3) is 0 Å². The molecule has 2 N–H and O–H groups in total. The lowest BCUT2D eigenvalue weighted by Crippen LogP contribution is -2.31. The third kappa shape index (κ3) is 3.48. The average molecular weight is 372 g/mol. The molecule has 0 radical (unpaired) electrons. The number of terminal acetylenes is 1. The summed E-state index contributed by atoms with van der Waals surface area (Å²) in [6.07, 6.45) is 6.64. The van der Waals surface area contributed by atoms with Crippen molar-refractivity contribution in [2.75, 3.05) is 17.2 Å². The van der Waals surface area contributed by atoms with Gasteiger partial charge in [-0.25, -0.2) is 0 Å². The fourth-order valence-electron chi connectivity index (χ4n) is 4.02. The molecule has 142 valence electrons. The highest BCUT2D eigenvalue weighted by atomic mass is 16.5. The van der Waals surface area contributed by atoms with Gasteiger partial charge < -0.3 is 15.4 Å². The summed E-state index contributed by atoms with van der Waals surface area (Å²) in [6, 6.07) is 15.7. The van der Waals surface area contributed by atoms with Crippen LogP contribution >= 0.6 is 0 Å². The van der Waals surface area contributed by atoms with Gasteiger partial charge in [0.15, 0.2) is 5.78 Å². The Kier molecular flexibility index (Phi) is 4.60. The molecule has 0 aromatic heterocycles. The molecule has 0 saturated heterocycles. The minimum atomic E-state index is -0.212. The van der Waals surface area contributed by atoms with Gasteiger partial charge in [0.05, 0.1) is 17.4 Å². The van der Waals surface area contributed by atoms with Crippen LogP contribution in [0.4, 0.5) is 11.4 Å². The number of benzene rings is 2. The SMILES string of the molecule is C#CCOc1ccc(C2Nc3ccccc3NC3=C2C(=O)CC(C)(C)C3)cc1. The lowest BCUT2D eigenvalue weighted by atomic mass is 9.73. The first-order chi connectivity index (χ1) is 13.5. The van der Waals surface area contributed by atoms with Gasteiger partial charge in [-0.15, -0.1) is 6.42 Å². The Labute approximate surface area is 166 Å². The Morgan fingerprint density at radius 1 is 1.11 bits per heavy atom. The van der Waals surface area contributed by atoms with Crippen molar-refractivity contribution in [2.24, 2.45) is 5.41 Å². The Morgan fingerprint density at radius 2 is 1.82 bits per heavy atom. The van der Waals surface area contributed by atoms with Crippen LogP contribution < -0.4 is 15.4 Å². The van der Waals surface area contributed by atoms with E-state index in [2.05, 4.69) is 30.4 Å². The first kappa shape index (κ1) is 18.2. The fraction of sp³-hybridized carbons (Fsp3) is 0.292. The molecule has 1 unspecified atom stereocenters. The van der Waals surface area contributed by atoms with Gasteiger partial charge in [0.1, 0.15) is 12.4 Å². The molecule has 1 aliphatic carbocycles.